The molecule has 0 aromatic heterocycles. The molecule has 0 bridgehead atoms. The minimum Gasteiger partial charge on any atom is -0.394 e. The predicted molar refractivity (Wildman–Crippen MR) is 175 cm³/mol. The summed E-state index contributed by atoms with van der Waals surface area (Å²) in [4.78, 5) is 68.4. The minimum atomic E-state index is -1.36. The van der Waals surface area contributed by atoms with Gasteiger partial charge >= 0.3 is 0 Å². The number of aliphatic hydroxyl groups is 1. The number of rotatable bonds is 19. The van der Waals surface area contributed by atoms with Crippen molar-refractivity contribution in [3.63, 3.8) is 0 Å². The molecule has 5 unspecified atom stereocenters. The number of ketones is 1. The largest absolute Gasteiger partial charge is 0.394 e. The summed E-state index contributed by atoms with van der Waals surface area (Å²) >= 11 is 0. The number of Topliss-reactive ketones (excluding diaryl/α,β-unsaturated/α-hetero) is 1. The molecular weight excluding hydrogens is 606 g/mol. The van der Waals surface area contributed by atoms with E-state index >= 15 is 0 Å². The number of amides is 4. The van der Waals surface area contributed by atoms with Gasteiger partial charge in [-0.05, 0) is 50.0 Å². The molecule has 0 aliphatic carbocycles. The van der Waals surface area contributed by atoms with E-state index in [-0.39, 0.29) is 43.1 Å². The Bertz CT molecular complexity index is 1200. The molecule has 4 amide bonds. The van der Waals surface area contributed by atoms with Gasteiger partial charge in [0, 0.05) is 13.1 Å². The maximum Gasteiger partial charge on any atom is 0.245 e. The van der Waals surface area contributed by atoms with E-state index < -0.39 is 54.1 Å². The molecule has 2 fully saturated rings. The van der Waals surface area contributed by atoms with Crippen LogP contribution < -0.4 is 21.3 Å². The molecule has 0 radical (unpaired) electrons. The van der Waals surface area contributed by atoms with E-state index in [2.05, 4.69) is 21.3 Å². The van der Waals surface area contributed by atoms with E-state index in [9.17, 15) is 29.1 Å². The van der Waals surface area contributed by atoms with Gasteiger partial charge in [0.05, 0.1) is 39.0 Å². The van der Waals surface area contributed by atoms with Gasteiger partial charge in [0.25, 0.3) is 0 Å². The average molecular weight is 660 g/mol. The first kappa shape index (κ1) is 38.1. The topological polar surface area (TPSA) is 179 Å². The fraction of sp³-hybridized carbons (Fsp3) is 0.676. The Labute approximate surface area is 277 Å². The molecule has 1 aromatic carbocycles. The molecule has 2 aliphatic rings. The van der Waals surface area contributed by atoms with Crippen LogP contribution in [0.1, 0.15) is 59.4 Å². The molecule has 47 heavy (non-hydrogen) atoms. The van der Waals surface area contributed by atoms with Crippen molar-refractivity contribution in [2.24, 2.45) is 11.8 Å². The SMILES string of the molecule is CC(C)CC(NC(=O)C(CCc1ccccc1)NC(=O)CN1CCOCC1)C(=O)NC(CO)C(=O)NC(CC(C)C)C(=O)C1(C)CO1. The number of aliphatic hydroxyl groups excluding tert-OH is 1. The van der Waals surface area contributed by atoms with Gasteiger partial charge in [-0.25, -0.2) is 0 Å². The zero-order valence-corrected chi connectivity index (χ0v) is 28.4. The maximum absolute atomic E-state index is 13.7. The van der Waals surface area contributed by atoms with Crippen LogP contribution in [0.25, 0.3) is 0 Å². The van der Waals surface area contributed by atoms with Gasteiger partial charge in [-0.2, -0.15) is 0 Å². The lowest BCUT2D eigenvalue weighted by atomic mass is 9.93. The number of benzene rings is 1. The highest BCUT2D eigenvalue weighted by Crippen LogP contribution is 2.29. The molecule has 13 heteroatoms. The van der Waals surface area contributed by atoms with Crippen LogP contribution in [0.5, 0.6) is 0 Å². The van der Waals surface area contributed by atoms with Crippen LogP contribution in [-0.4, -0.2) is 115 Å². The third-order valence-electron chi connectivity index (χ3n) is 8.28. The summed E-state index contributed by atoms with van der Waals surface area (Å²) in [5.41, 5.74) is 0.0454. The van der Waals surface area contributed by atoms with Crippen molar-refractivity contribution in [2.75, 3.05) is 46.1 Å². The maximum atomic E-state index is 13.7. The lowest BCUT2D eigenvalue weighted by Gasteiger charge is -2.28. The highest BCUT2D eigenvalue weighted by Gasteiger charge is 2.50. The molecule has 2 aliphatic heterocycles. The van der Waals surface area contributed by atoms with E-state index in [0.29, 0.717) is 45.6 Å². The summed E-state index contributed by atoms with van der Waals surface area (Å²) < 4.78 is 10.6. The number of carbonyl (C=O) groups excluding carboxylic acids is 5. The van der Waals surface area contributed by atoms with Crippen LogP contribution >= 0.6 is 0 Å². The van der Waals surface area contributed by atoms with E-state index in [1.165, 1.54) is 0 Å². The Morgan fingerprint density at radius 2 is 1.34 bits per heavy atom. The van der Waals surface area contributed by atoms with Crippen LogP contribution in [0.3, 0.4) is 0 Å². The number of hydrogen-bond acceptors (Lipinski definition) is 9. The number of nitrogens with zero attached hydrogens (tertiary/aromatic N) is 1. The third-order valence-corrected chi connectivity index (χ3v) is 8.28. The monoisotopic (exact) mass is 659 g/mol. The minimum absolute atomic E-state index is 0.0153. The van der Waals surface area contributed by atoms with Gasteiger partial charge in [0.2, 0.25) is 23.6 Å². The Morgan fingerprint density at radius 3 is 1.91 bits per heavy atom. The highest BCUT2D eigenvalue weighted by molar-refractivity contribution is 5.98. The fourth-order valence-electron chi connectivity index (χ4n) is 5.46. The molecule has 2 heterocycles. The van der Waals surface area contributed by atoms with Crippen molar-refractivity contribution in [1.82, 2.24) is 26.2 Å². The molecule has 5 atom stereocenters. The van der Waals surface area contributed by atoms with Crippen molar-refractivity contribution in [1.29, 1.82) is 0 Å². The zero-order chi connectivity index (χ0) is 34.6. The molecule has 5 N–H and O–H groups in total. The molecule has 262 valence electrons. The molecule has 1 aromatic rings. The first-order valence-corrected chi connectivity index (χ1v) is 16.6. The fourth-order valence-corrected chi connectivity index (χ4v) is 5.46. The third kappa shape index (κ3) is 12.6. The van der Waals surface area contributed by atoms with Crippen LogP contribution in [-0.2, 0) is 39.9 Å². The molecule has 0 saturated carbocycles. The number of morpholine rings is 1. The normalized spacial score (nSPS) is 20.5. The average Bonchev–Trinajstić information content (AvgIpc) is 3.79. The van der Waals surface area contributed by atoms with Gasteiger partial charge in [-0.15, -0.1) is 0 Å². The molecule has 2 saturated heterocycles. The van der Waals surface area contributed by atoms with E-state index in [1.54, 1.807) is 6.92 Å². The second-order valence-corrected chi connectivity index (χ2v) is 13.5. The van der Waals surface area contributed by atoms with Crippen molar-refractivity contribution in [3.8, 4) is 0 Å². The first-order valence-electron chi connectivity index (χ1n) is 16.6. The smallest absolute Gasteiger partial charge is 0.245 e. The Morgan fingerprint density at radius 1 is 0.809 bits per heavy atom. The standard InChI is InChI=1S/C34H53N5O8/c1-22(2)17-26(30(42)34(5)21-47-34)36-33(45)28(20-40)38-32(44)27(18-23(3)4)37-31(43)25(12-11-24-9-7-6-8-10-24)35-29(41)19-39-13-15-46-16-14-39/h6-10,22-23,25-28,40H,11-21H2,1-5H3,(H,35,41)(H,36,45)(H,37,43)(H,38,44). The van der Waals surface area contributed by atoms with Crippen LogP contribution in [0.2, 0.25) is 0 Å². The quantitative estimate of drug-likeness (QED) is 0.131. The van der Waals surface area contributed by atoms with Crippen LogP contribution in [0.4, 0.5) is 0 Å². The molecular formula is C34H53N5O8. The van der Waals surface area contributed by atoms with Gasteiger partial charge in [-0.1, -0.05) is 58.0 Å². The van der Waals surface area contributed by atoms with Crippen molar-refractivity contribution in [2.45, 2.75) is 90.1 Å². The number of hydrogen-bond donors (Lipinski definition) is 5. The van der Waals surface area contributed by atoms with Crippen LogP contribution in [0.15, 0.2) is 30.3 Å². The molecule has 0 spiro atoms. The number of aryl methyl sites for hydroxylation is 1. The van der Waals surface area contributed by atoms with Gasteiger partial charge in [-0.3, -0.25) is 28.9 Å². The first-order chi connectivity index (χ1) is 22.3. The second kappa shape index (κ2) is 18.2. The van der Waals surface area contributed by atoms with Gasteiger partial charge in [0.1, 0.15) is 23.7 Å². The number of epoxide rings is 1. The van der Waals surface area contributed by atoms with Crippen molar-refractivity contribution in [3.05, 3.63) is 35.9 Å². The van der Waals surface area contributed by atoms with Gasteiger partial charge < -0.3 is 35.8 Å². The molecule has 3 rings (SSSR count). The van der Waals surface area contributed by atoms with Gasteiger partial charge in [0.15, 0.2) is 5.78 Å². The Balaban J connectivity index is 1.69. The summed E-state index contributed by atoms with van der Waals surface area (Å²) in [6, 6.07) is 5.41. The summed E-state index contributed by atoms with van der Waals surface area (Å²) in [6.45, 7) is 11.3. The Hall–Kier alpha value is -3.39. The lowest BCUT2D eigenvalue weighted by Crippen LogP contribution is -2.59. The number of ether oxygens (including phenoxy) is 2. The molecule has 13 nitrogen and oxygen atoms in total. The van der Waals surface area contributed by atoms with Crippen LogP contribution in [0, 0.1) is 11.8 Å². The summed E-state index contributed by atoms with van der Waals surface area (Å²) in [7, 11) is 0. The summed E-state index contributed by atoms with van der Waals surface area (Å²) in [5.74, 6) is -2.39. The van der Waals surface area contributed by atoms with E-state index in [0.717, 1.165) is 5.56 Å². The Kier molecular flexibility index (Phi) is 14.8. The summed E-state index contributed by atoms with van der Waals surface area (Å²) in [6.07, 6.45) is 1.43. The zero-order valence-electron chi connectivity index (χ0n) is 28.4. The van der Waals surface area contributed by atoms with E-state index in [1.807, 2.05) is 62.9 Å². The summed E-state index contributed by atoms with van der Waals surface area (Å²) in [5, 5.41) is 21.0. The van der Waals surface area contributed by atoms with Crippen molar-refractivity contribution >= 4 is 29.4 Å². The van der Waals surface area contributed by atoms with Crippen molar-refractivity contribution < 1.29 is 38.6 Å². The van der Waals surface area contributed by atoms with E-state index in [4.69, 9.17) is 9.47 Å². The second-order valence-electron chi connectivity index (χ2n) is 13.5. The lowest BCUT2D eigenvalue weighted by molar-refractivity contribution is -0.136. The highest BCUT2D eigenvalue weighted by atomic mass is 16.6. The number of nitrogens with one attached hydrogen (secondary N) is 4. The number of carbonyl (C=O) groups is 5. The predicted octanol–water partition coefficient (Wildman–Crippen LogP) is 0.333.